The van der Waals surface area contributed by atoms with E-state index in [1.165, 1.54) is 12.1 Å². The van der Waals surface area contributed by atoms with Crippen LogP contribution < -0.4 is 5.32 Å². The molecular weight excluding hydrogens is 268 g/mol. The van der Waals surface area contributed by atoms with Crippen molar-refractivity contribution in [1.29, 1.82) is 0 Å². The lowest BCUT2D eigenvalue weighted by Crippen LogP contribution is -2.36. The van der Waals surface area contributed by atoms with Gasteiger partial charge in [0, 0.05) is 6.07 Å². The number of hydrogen-bond donors (Lipinski definition) is 4. The van der Waals surface area contributed by atoms with Crippen LogP contribution in [0.4, 0.5) is 11.4 Å². The normalized spacial score (nSPS) is 29.4. The summed E-state index contributed by atoms with van der Waals surface area (Å²) in [6.07, 6.45) is -4.48. The number of hydrogen-bond acceptors (Lipinski definition) is 7. The molecule has 0 saturated carbocycles. The number of nitrogens with zero attached hydrogens (tertiary/aromatic N) is 1. The number of aryl methyl sites for hydroxylation is 1. The average Bonchev–Trinajstić information content (AvgIpc) is 2.68. The van der Waals surface area contributed by atoms with E-state index in [1.807, 2.05) is 0 Å². The van der Waals surface area contributed by atoms with E-state index in [2.05, 4.69) is 5.32 Å². The Morgan fingerprint density at radius 1 is 1.40 bits per heavy atom. The number of benzene rings is 1. The number of aliphatic hydroxyl groups excluding tert-OH is 3. The summed E-state index contributed by atoms with van der Waals surface area (Å²) < 4.78 is 5.22. The van der Waals surface area contributed by atoms with Crippen LogP contribution in [-0.4, -0.2) is 51.4 Å². The van der Waals surface area contributed by atoms with Crippen molar-refractivity contribution in [2.45, 2.75) is 31.5 Å². The van der Waals surface area contributed by atoms with E-state index in [0.717, 1.165) is 5.56 Å². The molecule has 1 fully saturated rings. The Labute approximate surface area is 114 Å². The summed E-state index contributed by atoms with van der Waals surface area (Å²) in [5, 5.41) is 42.1. The van der Waals surface area contributed by atoms with Crippen molar-refractivity contribution in [3.8, 4) is 0 Å². The molecule has 1 heterocycles. The quantitative estimate of drug-likeness (QED) is 0.444. The standard InChI is InChI=1S/C12H16N2O6/c1-6-2-3-7(8(4-6)14(18)19)13-12-11(17)10(16)9(5-15)20-12/h2-4,9-13,15-17H,5H2,1H3. The Hall–Kier alpha value is -1.74. The first kappa shape index (κ1) is 14.7. The second-order valence-electron chi connectivity index (χ2n) is 4.68. The Balaban J connectivity index is 2.21. The molecule has 0 amide bonds. The van der Waals surface area contributed by atoms with E-state index in [-0.39, 0.29) is 11.4 Å². The molecule has 4 atom stereocenters. The largest absolute Gasteiger partial charge is 0.394 e. The van der Waals surface area contributed by atoms with Crippen molar-refractivity contribution in [2.24, 2.45) is 0 Å². The maximum absolute atomic E-state index is 11.0. The summed E-state index contributed by atoms with van der Waals surface area (Å²) in [6, 6.07) is 4.57. The van der Waals surface area contributed by atoms with Crippen molar-refractivity contribution >= 4 is 11.4 Å². The predicted octanol–water partition coefficient (Wildman–Crippen LogP) is -0.246. The summed E-state index contributed by atoms with van der Waals surface area (Å²) in [5.74, 6) is 0. The van der Waals surface area contributed by atoms with Crippen molar-refractivity contribution in [3.63, 3.8) is 0 Å². The summed E-state index contributed by atoms with van der Waals surface area (Å²) in [6.45, 7) is 1.27. The van der Waals surface area contributed by atoms with Crippen LogP contribution in [0.1, 0.15) is 5.56 Å². The fourth-order valence-electron chi connectivity index (χ4n) is 2.09. The first-order valence-electron chi connectivity index (χ1n) is 6.08. The van der Waals surface area contributed by atoms with Crippen LogP contribution >= 0.6 is 0 Å². The zero-order valence-corrected chi connectivity index (χ0v) is 10.8. The number of ether oxygens (including phenoxy) is 1. The molecule has 4 N–H and O–H groups in total. The fourth-order valence-corrected chi connectivity index (χ4v) is 2.09. The highest BCUT2D eigenvalue weighted by Gasteiger charge is 2.42. The van der Waals surface area contributed by atoms with Gasteiger partial charge in [0.1, 0.15) is 24.0 Å². The van der Waals surface area contributed by atoms with E-state index in [0.29, 0.717) is 0 Å². The molecule has 0 spiro atoms. The third kappa shape index (κ3) is 2.73. The molecule has 110 valence electrons. The maximum atomic E-state index is 11.0. The van der Waals surface area contributed by atoms with Gasteiger partial charge in [0.05, 0.1) is 11.5 Å². The van der Waals surface area contributed by atoms with Gasteiger partial charge in [-0.05, 0) is 18.6 Å². The fraction of sp³-hybridized carbons (Fsp3) is 0.500. The van der Waals surface area contributed by atoms with Crippen molar-refractivity contribution in [1.82, 2.24) is 0 Å². The molecule has 1 aliphatic heterocycles. The lowest BCUT2D eigenvalue weighted by molar-refractivity contribution is -0.384. The van der Waals surface area contributed by atoms with Crippen LogP contribution in [0.2, 0.25) is 0 Å². The molecule has 0 aliphatic carbocycles. The molecule has 1 saturated heterocycles. The SMILES string of the molecule is Cc1ccc(NC2OC(CO)C(O)C2O)c([N+](=O)[O-])c1. The minimum absolute atomic E-state index is 0.150. The molecule has 0 radical (unpaired) electrons. The van der Waals surface area contributed by atoms with Gasteiger partial charge < -0.3 is 25.4 Å². The molecule has 20 heavy (non-hydrogen) atoms. The van der Waals surface area contributed by atoms with Crippen molar-refractivity contribution < 1.29 is 25.0 Å². The summed E-state index contributed by atoms with van der Waals surface area (Å²) in [5.41, 5.74) is 0.751. The molecule has 1 aromatic carbocycles. The Kier molecular flexibility index (Phi) is 4.19. The highest BCUT2D eigenvalue weighted by molar-refractivity contribution is 5.63. The molecule has 1 aromatic rings. The van der Waals surface area contributed by atoms with Crippen LogP contribution in [-0.2, 0) is 4.74 Å². The summed E-state index contributed by atoms with van der Waals surface area (Å²) in [7, 11) is 0. The van der Waals surface area contributed by atoms with Gasteiger partial charge in [0.25, 0.3) is 5.69 Å². The highest BCUT2D eigenvalue weighted by Crippen LogP contribution is 2.29. The van der Waals surface area contributed by atoms with Gasteiger partial charge in [0.2, 0.25) is 0 Å². The average molecular weight is 284 g/mol. The number of rotatable bonds is 4. The molecule has 0 bridgehead atoms. The number of nitro benzene ring substituents is 1. The van der Waals surface area contributed by atoms with Crippen LogP contribution in [0, 0.1) is 17.0 Å². The summed E-state index contributed by atoms with van der Waals surface area (Å²) in [4.78, 5) is 10.4. The number of aliphatic hydroxyl groups is 3. The first-order chi connectivity index (χ1) is 9.43. The van der Waals surface area contributed by atoms with Crippen LogP contribution in [0.5, 0.6) is 0 Å². The molecule has 1 aliphatic rings. The molecule has 4 unspecified atom stereocenters. The minimum Gasteiger partial charge on any atom is -0.394 e. The lowest BCUT2D eigenvalue weighted by atomic mass is 10.1. The van der Waals surface area contributed by atoms with Gasteiger partial charge in [0.15, 0.2) is 6.23 Å². The molecular formula is C12H16N2O6. The Bertz CT molecular complexity index is 509. The zero-order valence-electron chi connectivity index (χ0n) is 10.8. The molecule has 0 aromatic heterocycles. The second kappa shape index (κ2) is 5.71. The van der Waals surface area contributed by atoms with Gasteiger partial charge in [-0.3, -0.25) is 10.1 Å². The van der Waals surface area contributed by atoms with E-state index < -0.39 is 36.1 Å². The van der Waals surface area contributed by atoms with Crippen LogP contribution in [0.25, 0.3) is 0 Å². The van der Waals surface area contributed by atoms with E-state index in [9.17, 15) is 20.3 Å². The zero-order chi connectivity index (χ0) is 14.9. The Morgan fingerprint density at radius 3 is 2.65 bits per heavy atom. The summed E-state index contributed by atoms with van der Waals surface area (Å²) >= 11 is 0. The highest BCUT2D eigenvalue weighted by atomic mass is 16.6. The van der Waals surface area contributed by atoms with Gasteiger partial charge in [-0.1, -0.05) is 6.07 Å². The third-order valence-electron chi connectivity index (χ3n) is 3.19. The van der Waals surface area contributed by atoms with Crippen LogP contribution in [0.3, 0.4) is 0 Å². The van der Waals surface area contributed by atoms with E-state index in [1.54, 1.807) is 13.0 Å². The molecule has 2 rings (SSSR count). The van der Waals surface area contributed by atoms with Crippen molar-refractivity contribution in [2.75, 3.05) is 11.9 Å². The Morgan fingerprint density at radius 2 is 2.10 bits per heavy atom. The predicted molar refractivity (Wildman–Crippen MR) is 69.2 cm³/mol. The van der Waals surface area contributed by atoms with E-state index in [4.69, 9.17) is 9.84 Å². The second-order valence-corrected chi connectivity index (χ2v) is 4.68. The topological polar surface area (TPSA) is 125 Å². The monoisotopic (exact) mass is 284 g/mol. The molecule has 8 nitrogen and oxygen atoms in total. The number of nitrogens with one attached hydrogen (secondary N) is 1. The van der Waals surface area contributed by atoms with Gasteiger partial charge in [-0.2, -0.15) is 0 Å². The number of anilines is 1. The van der Waals surface area contributed by atoms with Gasteiger partial charge in [-0.25, -0.2) is 0 Å². The smallest absolute Gasteiger partial charge is 0.292 e. The van der Waals surface area contributed by atoms with Gasteiger partial charge >= 0.3 is 0 Å². The van der Waals surface area contributed by atoms with Crippen LogP contribution in [0.15, 0.2) is 18.2 Å². The lowest BCUT2D eigenvalue weighted by Gasteiger charge is -2.17. The number of nitro groups is 1. The minimum atomic E-state index is -1.28. The van der Waals surface area contributed by atoms with Crippen molar-refractivity contribution in [3.05, 3.63) is 33.9 Å². The first-order valence-corrected chi connectivity index (χ1v) is 6.08. The maximum Gasteiger partial charge on any atom is 0.292 e. The van der Waals surface area contributed by atoms with Gasteiger partial charge in [-0.15, -0.1) is 0 Å². The molecule has 8 heteroatoms. The van der Waals surface area contributed by atoms with E-state index >= 15 is 0 Å². The third-order valence-corrected chi connectivity index (χ3v) is 3.19.